The number of hydrazone groups is 1. The zero-order chi connectivity index (χ0) is 14.6. The number of carbonyl (C=O) groups is 2. The second-order valence-electron chi connectivity index (χ2n) is 6.02. The van der Waals surface area contributed by atoms with Crippen molar-refractivity contribution in [1.29, 1.82) is 0 Å². The van der Waals surface area contributed by atoms with Crippen molar-refractivity contribution in [2.75, 3.05) is 0 Å². The van der Waals surface area contributed by atoms with Gasteiger partial charge in [-0.3, -0.25) is 9.59 Å². The van der Waals surface area contributed by atoms with Gasteiger partial charge in [0, 0.05) is 0 Å². The first kappa shape index (κ1) is 12.6. The molecule has 2 bridgehead atoms. The Balaban J connectivity index is 1.62. The van der Waals surface area contributed by atoms with Gasteiger partial charge in [0.1, 0.15) is 11.5 Å². The van der Waals surface area contributed by atoms with Crippen molar-refractivity contribution in [1.82, 2.24) is 5.01 Å². The zero-order valence-corrected chi connectivity index (χ0v) is 11.7. The Hall–Kier alpha value is -2.17. The lowest BCUT2D eigenvalue weighted by atomic mass is 9.63. The van der Waals surface area contributed by atoms with Crippen LogP contribution in [0, 0.1) is 30.6 Å². The van der Waals surface area contributed by atoms with Crippen molar-refractivity contribution in [2.45, 2.75) is 19.8 Å². The summed E-state index contributed by atoms with van der Waals surface area (Å²) in [4.78, 5) is 25.0. The molecule has 1 aliphatic heterocycles. The summed E-state index contributed by atoms with van der Waals surface area (Å²) in [5.74, 6) is 0.959. The first-order chi connectivity index (χ1) is 10.1. The summed E-state index contributed by atoms with van der Waals surface area (Å²) < 4.78 is 5.38. The average Bonchev–Trinajstić information content (AvgIpc) is 3.03. The van der Waals surface area contributed by atoms with Gasteiger partial charge in [0.2, 0.25) is 0 Å². The Labute approximate surface area is 122 Å². The molecule has 21 heavy (non-hydrogen) atoms. The van der Waals surface area contributed by atoms with E-state index >= 15 is 0 Å². The highest BCUT2D eigenvalue weighted by Gasteiger charge is 2.56. The molecule has 0 radical (unpaired) electrons. The molecule has 4 atom stereocenters. The molecule has 5 heteroatoms. The predicted octanol–water partition coefficient (Wildman–Crippen LogP) is 2.12. The summed E-state index contributed by atoms with van der Waals surface area (Å²) in [6, 6.07) is 3.58. The SMILES string of the molecule is Cc1ccc(/C=N\N2C(=O)[C@H]3[C@H](C2=O)[C@H]2C=C[C@H]3CC2)o1. The largest absolute Gasteiger partial charge is 0.460 e. The number of hydrogen-bond acceptors (Lipinski definition) is 4. The molecule has 2 heterocycles. The van der Waals surface area contributed by atoms with Crippen LogP contribution in [-0.4, -0.2) is 23.0 Å². The van der Waals surface area contributed by atoms with E-state index in [1.54, 1.807) is 6.07 Å². The lowest BCUT2D eigenvalue weighted by Gasteiger charge is -2.37. The summed E-state index contributed by atoms with van der Waals surface area (Å²) in [5.41, 5.74) is 0. The van der Waals surface area contributed by atoms with Crippen LogP contribution in [-0.2, 0) is 9.59 Å². The van der Waals surface area contributed by atoms with E-state index in [4.69, 9.17) is 4.42 Å². The number of carbonyl (C=O) groups excluding carboxylic acids is 2. The molecular weight excluding hydrogens is 268 g/mol. The average molecular weight is 284 g/mol. The van der Waals surface area contributed by atoms with Crippen molar-refractivity contribution in [3.05, 3.63) is 35.8 Å². The predicted molar refractivity (Wildman–Crippen MR) is 75.2 cm³/mol. The maximum Gasteiger partial charge on any atom is 0.254 e. The van der Waals surface area contributed by atoms with Crippen LogP contribution < -0.4 is 0 Å². The van der Waals surface area contributed by atoms with Gasteiger partial charge in [-0.15, -0.1) is 0 Å². The van der Waals surface area contributed by atoms with Gasteiger partial charge in [-0.25, -0.2) is 0 Å². The second kappa shape index (κ2) is 4.41. The number of nitrogens with zero attached hydrogens (tertiary/aromatic N) is 2. The van der Waals surface area contributed by atoms with Crippen molar-refractivity contribution in [3.63, 3.8) is 0 Å². The van der Waals surface area contributed by atoms with Gasteiger partial charge in [-0.2, -0.15) is 10.1 Å². The zero-order valence-electron chi connectivity index (χ0n) is 11.7. The molecule has 2 fully saturated rings. The summed E-state index contributed by atoms with van der Waals surface area (Å²) in [6.07, 6.45) is 7.63. The lowest BCUT2D eigenvalue weighted by molar-refractivity contribution is -0.140. The minimum Gasteiger partial charge on any atom is -0.460 e. The van der Waals surface area contributed by atoms with Crippen LogP contribution in [0.3, 0.4) is 0 Å². The molecule has 2 amide bonds. The number of hydrogen-bond donors (Lipinski definition) is 0. The molecule has 3 aliphatic carbocycles. The Morgan fingerprint density at radius 3 is 2.24 bits per heavy atom. The van der Waals surface area contributed by atoms with Crippen LogP contribution in [0.1, 0.15) is 24.4 Å². The highest BCUT2D eigenvalue weighted by Crippen LogP contribution is 2.49. The molecule has 0 aromatic carbocycles. The second-order valence-corrected chi connectivity index (χ2v) is 6.02. The molecule has 4 aliphatic rings. The van der Waals surface area contributed by atoms with Crippen LogP contribution in [0.5, 0.6) is 0 Å². The highest BCUT2D eigenvalue weighted by molar-refractivity contribution is 6.06. The van der Waals surface area contributed by atoms with E-state index in [-0.39, 0.29) is 35.5 Å². The fourth-order valence-corrected chi connectivity index (χ4v) is 3.81. The molecule has 1 saturated carbocycles. The quantitative estimate of drug-likeness (QED) is 0.475. The van der Waals surface area contributed by atoms with E-state index in [2.05, 4.69) is 17.3 Å². The maximum atomic E-state index is 12.5. The molecule has 1 aromatic rings. The van der Waals surface area contributed by atoms with Gasteiger partial charge >= 0.3 is 0 Å². The van der Waals surface area contributed by atoms with Crippen molar-refractivity contribution >= 4 is 18.0 Å². The Kier molecular flexibility index (Phi) is 2.64. The first-order valence-electron chi connectivity index (χ1n) is 7.32. The molecular formula is C16H16N2O3. The fraction of sp³-hybridized carbons (Fsp3) is 0.438. The molecule has 5 nitrogen and oxygen atoms in total. The monoisotopic (exact) mass is 284 g/mol. The fourth-order valence-electron chi connectivity index (χ4n) is 3.81. The van der Waals surface area contributed by atoms with Crippen LogP contribution in [0.15, 0.2) is 33.8 Å². The van der Waals surface area contributed by atoms with E-state index in [1.807, 2.05) is 13.0 Å². The topological polar surface area (TPSA) is 62.9 Å². The summed E-state index contributed by atoms with van der Waals surface area (Å²) in [7, 11) is 0. The van der Waals surface area contributed by atoms with E-state index in [0.717, 1.165) is 23.6 Å². The molecule has 0 N–H and O–H groups in total. The number of allylic oxidation sites excluding steroid dienone is 2. The standard InChI is InChI=1S/C16H16N2O3/c1-9-2-7-12(21-9)8-17-18-15(19)13-10-3-4-11(6-5-10)14(13)16(18)20/h2-4,7-8,10-11,13-14H,5-6H2,1H3/b17-8-/t10-,11-,13+,14+/m0/s1. The van der Waals surface area contributed by atoms with Gasteiger partial charge in [-0.05, 0) is 43.7 Å². The molecule has 5 rings (SSSR count). The summed E-state index contributed by atoms with van der Waals surface area (Å²) >= 11 is 0. The minimum atomic E-state index is -0.211. The van der Waals surface area contributed by atoms with Gasteiger partial charge in [0.05, 0.1) is 18.1 Å². The number of imide groups is 1. The van der Waals surface area contributed by atoms with Gasteiger partial charge < -0.3 is 4.42 Å². The highest BCUT2D eigenvalue weighted by atomic mass is 16.3. The molecule has 0 unspecified atom stereocenters. The van der Waals surface area contributed by atoms with E-state index in [1.165, 1.54) is 6.21 Å². The molecule has 0 spiro atoms. The van der Waals surface area contributed by atoms with Crippen LogP contribution in [0.2, 0.25) is 0 Å². The molecule has 1 aromatic heterocycles. The lowest BCUT2D eigenvalue weighted by Crippen LogP contribution is -2.38. The van der Waals surface area contributed by atoms with Crippen LogP contribution >= 0.6 is 0 Å². The van der Waals surface area contributed by atoms with E-state index in [0.29, 0.717) is 5.76 Å². The Bertz CT molecular complexity index is 641. The van der Waals surface area contributed by atoms with E-state index in [9.17, 15) is 9.59 Å². The molecule has 1 saturated heterocycles. The van der Waals surface area contributed by atoms with Crippen LogP contribution in [0.4, 0.5) is 0 Å². The smallest absolute Gasteiger partial charge is 0.254 e. The van der Waals surface area contributed by atoms with Gasteiger partial charge in [0.25, 0.3) is 11.8 Å². The number of fused-ring (bicyclic) bond motifs is 1. The third-order valence-electron chi connectivity index (χ3n) is 4.80. The van der Waals surface area contributed by atoms with Crippen LogP contribution in [0.25, 0.3) is 0 Å². The van der Waals surface area contributed by atoms with Crippen molar-refractivity contribution in [2.24, 2.45) is 28.8 Å². The molecule has 108 valence electrons. The van der Waals surface area contributed by atoms with Gasteiger partial charge in [-0.1, -0.05) is 12.2 Å². The summed E-state index contributed by atoms with van der Waals surface area (Å²) in [6.45, 7) is 1.83. The summed E-state index contributed by atoms with van der Waals surface area (Å²) in [5, 5.41) is 5.12. The number of rotatable bonds is 2. The third-order valence-corrected chi connectivity index (χ3v) is 4.80. The Morgan fingerprint density at radius 2 is 1.76 bits per heavy atom. The normalized spacial score (nSPS) is 34.2. The number of aryl methyl sites for hydroxylation is 1. The Morgan fingerprint density at radius 1 is 1.14 bits per heavy atom. The number of amides is 2. The minimum absolute atomic E-state index is 0.163. The van der Waals surface area contributed by atoms with Crippen molar-refractivity contribution in [3.8, 4) is 0 Å². The van der Waals surface area contributed by atoms with Crippen molar-refractivity contribution < 1.29 is 14.0 Å². The first-order valence-corrected chi connectivity index (χ1v) is 7.32. The van der Waals surface area contributed by atoms with E-state index < -0.39 is 0 Å². The number of furan rings is 1. The van der Waals surface area contributed by atoms with Gasteiger partial charge in [0.15, 0.2) is 0 Å². The maximum absolute atomic E-state index is 12.5. The third kappa shape index (κ3) is 1.80.